The van der Waals surface area contributed by atoms with Gasteiger partial charge in [0.1, 0.15) is 0 Å². The molecule has 0 aliphatic heterocycles. The average molecular weight is 284 g/mol. The summed E-state index contributed by atoms with van der Waals surface area (Å²) in [5, 5.41) is 15.7. The van der Waals surface area contributed by atoms with Crippen molar-refractivity contribution in [3.8, 4) is 0 Å². The van der Waals surface area contributed by atoms with Gasteiger partial charge in [0.2, 0.25) is 5.91 Å². The molecule has 4 nitrogen and oxygen atoms in total. The number of carbonyl (C=O) groups excluding carboxylic acids is 1. The van der Waals surface area contributed by atoms with E-state index in [9.17, 15) is 9.90 Å². The minimum absolute atomic E-state index is 0.0842. The molecule has 0 radical (unpaired) electrons. The highest BCUT2D eigenvalue weighted by Crippen LogP contribution is 2.10. The van der Waals surface area contributed by atoms with Crippen LogP contribution in [-0.4, -0.2) is 24.1 Å². The quantitative estimate of drug-likeness (QED) is 0.724. The van der Waals surface area contributed by atoms with Crippen LogP contribution < -0.4 is 10.6 Å². The van der Waals surface area contributed by atoms with Gasteiger partial charge in [0.15, 0.2) is 0 Å². The molecule has 3 N–H and O–H groups in total. The number of hydrogen-bond acceptors (Lipinski definition) is 3. The molecule has 0 spiro atoms. The number of aliphatic hydroxyl groups is 1. The predicted octanol–water partition coefficient (Wildman–Crippen LogP) is 1.63. The first-order valence-corrected chi connectivity index (χ1v) is 7.00. The van der Waals surface area contributed by atoms with E-state index in [1.807, 2.05) is 60.7 Å². The first-order valence-electron chi connectivity index (χ1n) is 7.00. The maximum Gasteiger partial charge on any atom is 0.234 e. The van der Waals surface area contributed by atoms with Gasteiger partial charge in [-0.25, -0.2) is 0 Å². The zero-order valence-electron chi connectivity index (χ0n) is 11.8. The van der Waals surface area contributed by atoms with Gasteiger partial charge in [0.25, 0.3) is 0 Å². The van der Waals surface area contributed by atoms with E-state index in [4.69, 9.17) is 0 Å². The molecule has 0 aromatic heterocycles. The maximum absolute atomic E-state index is 11.7. The first kappa shape index (κ1) is 15.2. The summed E-state index contributed by atoms with van der Waals surface area (Å²) in [6.07, 6.45) is -0.604. The number of hydrogen-bond donors (Lipinski definition) is 3. The number of amides is 1. The molecule has 0 saturated heterocycles. The van der Waals surface area contributed by atoms with Crippen LogP contribution in [0.15, 0.2) is 60.7 Å². The Morgan fingerprint density at radius 2 is 1.62 bits per heavy atom. The van der Waals surface area contributed by atoms with Crippen LogP contribution in [0.4, 0.5) is 0 Å². The molecule has 110 valence electrons. The number of rotatable bonds is 7. The maximum atomic E-state index is 11.7. The lowest BCUT2D eigenvalue weighted by Gasteiger charge is -2.12. The van der Waals surface area contributed by atoms with Crippen molar-refractivity contribution >= 4 is 5.91 Å². The fourth-order valence-corrected chi connectivity index (χ4v) is 1.97. The lowest BCUT2D eigenvalue weighted by atomic mass is 10.1. The number of aliphatic hydroxyl groups excluding tert-OH is 1. The highest BCUT2D eigenvalue weighted by Gasteiger charge is 2.07. The number of nitrogens with one attached hydrogen (secondary N) is 2. The number of carbonyl (C=O) groups is 1. The molecule has 0 fully saturated rings. The Hall–Kier alpha value is -2.17. The standard InChI is InChI=1S/C17H20N2O2/c20-16(15-9-5-2-6-10-15)12-18-13-17(21)19-11-14-7-3-1-4-8-14/h1-10,16,18,20H,11-13H2,(H,19,21). The van der Waals surface area contributed by atoms with Crippen molar-refractivity contribution in [2.24, 2.45) is 0 Å². The van der Waals surface area contributed by atoms with Gasteiger partial charge < -0.3 is 15.7 Å². The van der Waals surface area contributed by atoms with Crippen molar-refractivity contribution in [2.45, 2.75) is 12.6 Å². The van der Waals surface area contributed by atoms with Gasteiger partial charge in [-0.3, -0.25) is 4.79 Å². The minimum atomic E-state index is -0.604. The summed E-state index contributed by atoms with van der Waals surface area (Å²) < 4.78 is 0. The second-order valence-electron chi connectivity index (χ2n) is 4.82. The summed E-state index contributed by atoms with van der Waals surface area (Å²) in [5.41, 5.74) is 1.91. The molecule has 2 aromatic carbocycles. The molecule has 1 amide bonds. The topological polar surface area (TPSA) is 61.4 Å². The van der Waals surface area contributed by atoms with Gasteiger partial charge in [-0.15, -0.1) is 0 Å². The SMILES string of the molecule is O=C(CNCC(O)c1ccccc1)NCc1ccccc1. The fraction of sp³-hybridized carbons (Fsp3) is 0.235. The molecule has 0 saturated carbocycles. The van der Waals surface area contributed by atoms with Crippen LogP contribution in [0.5, 0.6) is 0 Å². The third kappa shape index (κ3) is 5.38. The zero-order chi connectivity index (χ0) is 14.9. The van der Waals surface area contributed by atoms with Gasteiger partial charge in [-0.2, -0.15) is 0 Å². The molecule has 0 aliphatic carbocycles. The Morgan fingerprint density at radius 3 is 2.29 bits per heavy atom. The lowest BCUT2D eigenvalue weighted by molar-refractivity contribution is -0.120. The van der Waals surface area contributed by atoms with Gasteiger partial charge >= 0.3 is 0 Å². The molecule has 21 heavy (non-hydrogen) atoms. The summed E-state index contributed by atoms with van der Waals surface area (Å²) in [4.78, 5) is 11.7. The third-order valence-corrected chi connectivity index (χ3v) is 3.14. The zero-order valence-corrected chi connectivity index (χ0v) is 11.8. The van der Waals surface area contributed by atoms with Crippen molar-refractivity contribution in [3.63, 3.8) is 0 Å². The fourth-order valence-electron chi connectivity index (χ4n) is 1.97. The van der Waals surface area contributed by atoms with E-state index in [0.717, 1.165) is 11.1 Å². The van der Waals surface area contributed by atoms with Gasteiger partial charge in [-0.05, 0) is 11.1 Å². The van der Waals surface area contributed by atoms with Gasteiger partial charge in [-0.1, -0.05) is 60.7 Å². The molecule has 4 heteroatoms. The van der Waals surface area contributed by atoms with E-state index in [1.165, 1.54) is 0 Å². The van der Waals surface area contributed by atoms with E-state index < -0.39 is 6.10 Å². The molecule has 1 unspecified atom stereocenters. The van der Waals surface area contributed by atoms with Crippen LogP contribution in [0, 0.1) is 0 Å². The Balaban J connectivity index is 1.65. The molecular weight excluding hydrogens is 264 g/mol. The Bertz CT molecular complexity index is 543. The van der Waals surface area contributed by atoms with E-state index in [2.05, 4.69) is 10.6 Å². The highest BCUT2D eigenvalue weighted by molar-refractivity contribution is 5.77. The monoisotopic (exact) mass is 284 g/mol. The second-order valence-corrected chi connectivity index (χ2v) is 4.82. The van der Waals surface area contributed by atoms with Crippen molar-refractivity contribution < 1.29 is 9.90 Å². The van der Waals surface area contributed by atoms with Gasteiger partial charge in [0.05, 0.1) is 12.6 Å². The van der Waals surface area contributed by atoms with Crippen molar-refractivity contribution in [1.29, 1.82) is 0 Å². The molecular formula is C17H20N2O2. The Labute approximate surface area is 124 Å². The average Bonchev–Trinajstić information content (AvgIpc) is 2.54. The van der Waals surface area contributed by atoms with Crippen LogP contribution in [-0.2, 0) is 11.3 Å². The summed E-state index contributed by atoms with van der Waals surface area (Å²) in [5.74, 6) is -0.0842. The summed E-state index contributed by atoms with van der Waals surface area (Å²) in [6, 6.07) is 19.1. The second kappa shape index (κ2) is 8.19. The molecule has 0 aliphatic rings. The van der Waals surface area contributed by atoms with Crippen LogP contribution in [0.3, 0.4) is 0 Å². The normalized spacial score (nSPS) is 11.9. The lowest BCUT2D eigenvalue weighted by Crippen LogP contribution is -2.35. The molecule has 0 heterocycles. The van der Waals surface area contributed by atoms with Crippen molar-refractivity contribution in [3.05, 3.63) is 71.8 Å². The van der Waals surface area contributed by atoms with Crippen LogP contribution in [0.2, 0.25) is 0 Å². The summed E-state index contributed by atoms with van der Waals surface area (Å²) in [7, 11) is 0. The smallest absolute Gasteiger partial charge is 0.234 e. The number of benzene rings is 2. The van der Waals surface area contributed by atoms with Crippen molar-refractivity contribution in [2.75, 3.05) is 13.1 Å². The van der Waals surface area contributed by atoms with Gasteiger partial charge in [0, 0.05) is 13.1 Å². The van der Waals surface area contributed by atoms with Crippen LogP contribution in [0.25, 0.3) is 0 Å². The molecule has 0 bridgehead atoms. The Morgan fingerprint density at radius 1 is 1.00 bits per heavy atom. The Kier molecular flexibility index (Phi) is 5.94. The third-order valence-electron chi connectivity index (χ3n) is 3.14. The van der Waals surface area contributed by atoms with E-state index >= 15 is 0 Å². The van der Waals surface area contributed by atoms with Crippen LogP contribution in [0.1, 0.15) is 17.2 Å². The molecule has 1 atom stereocenters. The van der Waals surface area contributed by atoms with Crippen LogP contribution >= 0.6 is 0 Å². The van der Waals surface area contributed by atoms with E-state index in [-0.39, 0.29) is 12.5 Å². The first-order chi connectivity index (χ1) is 10.3. The molecule has 2 rings (SSSR count). The molecule has 2 aromatic rings. The summed E-state index contributed by atoms with van der Waals surface area (Å²) in [6.45, 7) is 1.06. The van der Waals surface area contributed by atoms with E-state index in [1.54, 1.807) is 0 Å². The predicted molar refractivity (Wildman–Crippen MR) is 82.6 cm³/mol. The minimum Gasteiger partial charge on any atom is -0.387 e. The largest absolute Gasteiger partial charge is 0.387 e. The van der Waals surface area contributed by atoms with Crippen molar-refractivity contribution in [1.82, 2.24) is 10.6 Å². The van der Waals surface area contributed by atoms with E-state index in [0.29, 0.717) is 13.1 Å². The highest BCUT2D eigenvalue weighted by atomic mass is 16.3. The summed E-state index contributed by atoms with van der Waals surface area (Å²) >= 11 is 0.